The second-order valence-electron chi connectivity index (χ2n) is 7.05. The number of hydrogen-bond acceptors (Lipinski definition) is 4. The highest BCUT2D eigenvalue weighted by Gasteiger charge is 2.25. The van der Waals surface area contributed by atoms with Crippen molar-refractivity contribution in [2.75, 3.05) is 27.3 Å². The molecule has 1 heterocycles. The Hall–Kier alpha value is -2.24. The first-order valence-electron chi connectivity index (χ1n) is 9.55. The zero-order chi connectivity index (χ0) is 19.9. The molecule has 1 amide bonds. The molecule has 0 aliphatic carbocycles. The molecule has 2 aromatic rings. The van der Waals surface area contributed by atoms with Crippen molar-refractivity contribution in [1.29, 1.82) is 0 Å². The molecule has 0 spiro atoms. The van der Waals surface area contributed by atoms with Gasteiger partial charge in [0.15, 0.2) is 11.5 Å². The van der Waals surface area contributed by atoms with Crippen LogP contribution in [0.25, 0.3) is 0 Å². The van der Waals surface area contributed by atoms with E-state index in [-0.39, 0.29) is 11.8 Å². The van der Waals surface area contributed by atoms with Crippen LogP contribution in [-0.2, 0) is 17.9 Å². The number of ether oxygens (including phenoxy) is 2. The number of halogens is 1. The molecule has 0 bridgehead atoms. The SMILES string of the molecule is COc1ccc(CNC(=O)C2CCN(Cc3ccccc3Cl)CC2)cc1OC. The lowest BCUT2D eigenvalue weighted by Gasteiger charge is -2.31. The van der Waals surface area contributed by atoms with E-state index in [0.717, 1.165) is 48.6 Å². The highest BCUT2D eigenvalue weighted by Crippen LogP contribution is 2.27. The van der Waals surface area contributed by atoms with Crippen LogP contribution >= 0.6 is 11.6 Å². The molecular formula is C22H27ClN2O3. The van der Waals surface area contributed by atoms with Gasteiger partial charge >= 0.3 is 0 Å². The van der Waals surface area contributed by atoms with E-state index in [0.29, 0.717) is 18.0 Å². The fourth-order valence-corrected chi connectivity index (χ4v) is 3.74. The Labute approximate surface area is 171 Å². The minimum Gasteiger partial charge on any atom is -0.493 e. The zero-order valence-electron chi connectivity index (χ0n) is 16.4. The van der Waals surface area contributed by atoms with Crippen LogP contribution in [0.5, 0.6) is 11.5 Å². The van der Waals surface area contributed by atoms with Crippen LogP contribution in [-0.4, -0.2) is 38.1 Å². The average molecular weight is 403 g/mol. The summed E-state index contributed by atoms with van der Waals surface area (Å²) in [5.41, 5.74) is 2.13. The fraction of sp³-hybridized carbons (Fsp3) is 0.409. The number of methoxy groups -OCH3 is 2. The van der Waals surface area contributed by atoms with E-state index in [2.05, 4.69) is 16.3 Å². The van der Waals surface area contributed by atoms with Crippen molar-refractivity contribution in [2.24, 2.45) is 5.92 Å². The summed E-state index contributed by atoms with van der Waals surface area (Å²) in [6, 6.07) is 13.6. The van der Waals surface area contributed by atoms with Crippen LogP contribution in [0.1, 0.15) is 24.0 Å². The Bertz CT molecular complexity index is 804. The van der Waals surface area contributed by atoms with Crippen LogP contribution in [0.3, 0.4) is 0 Å². The summed E-state index contributed by atoms with van der Waals surface area (Å²) in [7, 11) is 3.22. The van der Waals surface area contributed by atoms with E-state index in [1.165, 1.54) is 0 Å². The molecule has 5 nitrogen and oxygen atoms in total. The molecule has 0 aromatic heterocycles. The van der Waals surface area contributed by atoms with Gasteiger partial charge < -0.3 is 14.8 Å². The number of carbonyl (C=O) groups excluding carboxylic acids is 1. The van der Waals surface area contributed by atoms with Crippen molar-refractivity contribution in [1.82, 2.24) is 10.2 Å². The summed E-state index contributed by atoms with van der Waals surface area (Å²) < 4.78 is 10.6. The standard InChI is InChI=1S/C22H27ClN2O3/c1-27-20-8-7-16(13-21(20)28-2)14-24-22(26)17-9-11-25(12-10-17)15-18-5-3-4-6-19(18)23/h3-8,13,17H,9-12,14-15H2,1-2H3,(H,24,26). The normalized spacial score (nSPS) is 15.2. The summed E-state index contributed by atoms with van der Waals surface area (Å²) in [6.07, 6.45) is 1.73. The van der Waals surface area contributed by atoms with Crippen molar-refractivity contribution in [3.05, 3.63) is 58.6 Å². The van der Waals surface area contributed by atoms with Gasteiger partial charge in [-0.2, -0.15) is 0 Å². The molecule has 150 valence electrons. The molecule has 2 aromatic carbocycles. The van der Waals surface area contributed by atoms with Crippen molar-refractivity contribution in [2.45, 2.75) is 25.9 Å². The van der Waals surface area contributed by atoms with Gasteiger partial charge in [0.2, 0.25) is 5.91 Å². The summed E-state index contributed by atoms with van der Waals surface area (Å²) >= 11 is 6.26. The monoisotopic (exact) mass is 402 g/mol. The largest absolute Gasteiger partial charge is 0.493 e. The third-order valence-corrected chi connectivity index (χ3v) is 5.59. The maximum absolute atomic E-state index is 12.6. The molecule has 1 saturated heterocycles. The van der Waals surface area contributed by atoms with Crippen molar-refractivity contribution in [3.8, 4) is 11.5 Å². The quantitative estimate of drug-likeness (QED) is 0.763. The highest BCUT2D eigenvalue weighted by atomic mass is 35.5. The van der Waals surface area contributed by atoms with Gasteiger partial charge in [-0.3, -0.25) is 9.69 Å². The molecule has 1 N–H and O–H groups in total. The van der Waals surface area contributed by atoms with Gasteiger partial charge in [0.25, 0.3) is 0 Å². The Kier molecular flexibility index (Phi) is 7.18. The molecule has 28 heavy (non-hydrogen) atoms. The Balaban J connectivity index is 1.47. The molecule has 3 rings (SSSR count). The van der Waals surface area contributed by atoms with E-state index in [9.17, 15) is 4.79 Å². The van der Waals surface area contributed by atoms with E-state index >= 15 is 0 Å². The first-order chi connectivity index (χ1) is 13.6. The number of nitrogens with zero attached hydrogens (tertiary/aromatic N) is 1. The molecule has 0 unspecified atom stereocenters. The predicted molar refractivity (Wildman–Crippen MR) is 111 cm³/mol. The fourth-order valence-electron chi connectivity index (χ4n) is 3.54. The molecule has 1 fully saturated rings. The van der Waals surface area contributed by atoms with Gasteiger partial charge in [0.05, 0.1) is 14.2 Å². The third-order valence-electron chi connectivity index (χ3n) is 5.22. The number of likely N-dealkylation sites (tertiary alicyclic amines) is 1. The first kappa shape index (κ1) is 20.5. The van der Waals surface area contributed by atoms with Crippen LogP contribution in [0, 0.1) is 5.92 Å². The minimum atomic E-state index is 0.0580. The summed E-state index contributed by atoms with van der Waals surface area (Å²) in [6.45, 7) is 3.12. The Morgan fingerprint density at radius 3 is 2.50 bits per heavy atom. The van der Waals surface area contributed by atoms with Gasteiger partial charge in [-0.1, -0.05) is 35.9 Å². The van der Waals surface area contributed by atoms with Crippen LogP contribution < -0.4 is 14.8 Å². The van der Waals surface area contributed by atoms with Gasteiger partial charge in [-0.05, 0) is 55.3 Å². The Morgan fingerprint density at radius 1 is 1.11 bits per heavy atom. The number of piperidine rings is 1. The number of rotatable bonds is 7. The van der Waals surface area contributed by atoms with Gasteiger partial charge in [-0.15, -0.1) is 0 Å². The van der Waals surface area contributed by atoms with Gasteiger partial charge in [0, 0.05) is 24.0 Å². The molecule has 1 aliphatic rings. The number of carbonyl (C=O) groups is 1. The van der Waals surface area contributed by atoms with Gasteiger partial charge in [-0.25, -0.2) is 0 Å². The second-order valence-corrected chi connectivity index (χ2v) is 7.46. The summed E-state index contributed by atoms with van der Waals surface area (Å²) in [4.78, 5) is 14.9. The number of benzene rings is 2. The average Bonchev–Trinajstić information content (AvgIpc) is 2.74. The Morgan fingerprint density at radius 2 is 1.82 bits per heavy atom. The van der Waals surface area contributed by atoms with Crippen molar-refractivity contribution < 1.29 is 14.3 Å². The summed E-state index contributed by atoms with van der Waals surface area (Å²) in [5.74, 6) is 1.53. The maximum Gasteiger partial charge on any atom is 0.223 e. The van der Waals surface area contributed by atoms with E-state index < -0.39 is 0 Å². The number of nitrogens with one attached hydrogen (secondary N) is 1. The third kappa shape index (κ3) is 5.18. The maximum atomic E-state index is 12.6. The molecule has 6 heteroatoms. The van der Waals surface area contributed by atoms with Crippen LogP contribution in [0.15, 0.2) is 42.5 Å². The smallest absolute Gasteiger partial charge is 0.223 e. The molecule has 0 saturated carbocycles. The van der Waals surface area contributed by atoms with Crippen molar-refractivity contribution >= 4 is 17.5 Å². The number of hydrogen-bond donors (Lipinski definition) is 1. The van der Waals surface area contributed by atoms with Crippen LogP contribution in [0.4, 0.5) is 0 Å². The predicted octanol–water partition coefficient (Wildman–Crippen LogP) is 3.89. The van der Waals surface area contributed by atoms with Crippen molar-refractivity contribution in [3.63, 3.8) is 0 Å². The van der Waals surface area contributed by atoms with Crippen LogP contribution in [0.2, 0.25) is 5.02 Å². The summed E-state index contributed by atoms with van der Waals surface area (Å²) in [5, 5.41) is 3.86. The first-order valence-corrected chi connectivity index (χ1v) is 9.93. The number of amides is 1. The highest BCUT2D eigenvalue weighted by molar-refractivity contribution is 6.31. The molecule has 0 atom stereocenters. The lowest BCUT2D eigenvalue weighted by Crippen LogP contribution is -2.40. The lowest BCUT2D eigenvalue weighted by molar-refractivity contribution is -0.126. The lowest BCUT2D eigenvalue weighted by atomic mass is 9.95. The van der Waals surface area contributed by atoms with E-state index in [4.69, 9.17) is 21.1 Å². The molecule has 1 aliphatic heterocycles. The molecular weight excluding hydrogens is 376 g/mol. The van der Waals surface area contributed by atoms with E-state index in [1.54, 1.807) is 14.2 Å². The molecule has 0 radical (unpaired) electrons. The van der Waals surface area contributed by atoms with E-state index in [1.807, 2.05) is 36.4 Å². The topological polar surface area (TPSA) is 50.8 Å². The van der Waals surface area contributed by atoms with Gasteiger partial charge in [0.1, 0.15) is 0 Å². The minimum absolute atomic E-state index is 0.0580. The second kappa shape index (κ2) is 9.80. The zero-order valence-corrected chi connectivity index (χ0v) is 17.2.